The average Bonchev–Trinajstić information content (AvgIpc) is 2.28. The molecular formula is C12H12O3PS+. The summed E-state index contributed by atoms with van der Waals surface area (Å²) in [6.07, 6.45) is 0. The van der Waals surface area contributed by atoms with Crippen LogP contribution in [0.4, 0.5) is 0 Å². The normalized spacial score (nSPS) is 11.2. The van der Waals surface area contributed by atoms with Crippen LogP contribution in [0.3, 0.4) is 0 Å². The van der Waals surface area contributed by atoms with Gasteiger partial charge in [0.15, 0.2) is 0 Å². The predicted octanol–water partition coefficient (Wildman–Crippen LogP) is 2.45. The lowest BCUT2D eigenvalue weighted by molar-refractivity contribution is 0.363. The van der Waals surface area contributed by atoms with Crippen LogP contribution in [0.2, 0.25) is 0 Å². The zero-order valence-corrected chi connectivity index (χ0v) is 10.6. The zero-order chi connectivity index (χ0) is 12.3. The van der Waals surface area contributed by atoms with Gasteiger partial charge in [-0.25, -0.2) is 0 Å². The third-order valence-electron chi connectivity index (χ3n) is 2.17. The molecule has 0 spiro atoms. The van der Waals surface area contributed by atoms with Crippen molar-refractivity contribution in [3.63, 3.8) is 0 Å². The summed E-state index contributed by atoms with van der Waals surface area (Å²) >= 11 is 0. The summed E-state index contributed by atoms with van der Waals surface area (Å²) in [5, 5.41) is 0. The van der Waals surface area contributed by atoms with Crippen LogP contribution in [-0.2, 0) is 10.9 Å². The van der Waals surface area contributed by atoms with Gasteiger partial charge in [-0.15, -0.1) is 0 Å². The van der Waals surface area contributed by atoms with Gasteiger partial charge in [-0.1, -0.05) is 42.5 Å². The molecule has 0 aromatic heterocycles. The standard InChI is InChI=1S/C12H12O3PS/c13-16(14,15)17-12-8-4-7-11(9-12)10-5-2-1-3-6-10/h1-9,13-15H/q+1. The Hall–Kier alpha value is -1.03. The summed E-state index contributed by atoms with van der Waals surface area (Å²) in [5.41, 5.74) is 2.02. The Labute approximate surface area is 103 Å². The van der Waals surface area contributed by atoms with Crippen molar-refractivity contribution in [3.8, 4) is 11.1 Å². The van der Waals surface area contributed by atoms with E-state index in [0.717, 1.165) is 11.1 Å². The fourth-order valence-electron chi connectivity index (χ4n) is 1.50. The Morgan fingerprint density at radius 3 is 2.06 bits per heavy atom. The zero-order valence-electron chi connectivity index (χ0n) is 8.89. The molecule has 0 saturated carbocycles. The van der Waals surface area contributed by atoms with E-state index in [4.69, 9.17) is 14.7 Å². The van der Waals surface area contributed by atoms with Crippen LogP contribution in [0.5, 0.6) is 0 Å². The molecule has 5 heteroatoms. The van der Waals surface area contributed by atoms with E-state index in [1.54, 1.807) is 6.07 Å². The van der Waals surface area contributed by atoms with Gasteiger partial charge in [-0.2, -0.15) is 0 Å². The lowest BCUT2D eigenvalue weighted by Crippen LogP contribution is -1.82. The van der Waals surface area contributed by atoms with Crippen molar-refractivity contribution in [3.05, 3.63) is 54.6 Å². The van der Waals surface area contributed by atoms with E-state index in [1.807, 2.05) is 48.5 Å². The molecule has 0 atom stereocenters. The first-order valence-corrected chi connectivity index (χ1v) is 8.04. The van der Waals surface area contributed by atoms with Gasteiger partial charge in [-0.3, -0.25) is 14.7 Å². The third-order valence-corrected chi connectivity index (χ3v) is 4.25. The fraction of sp³-hybridized carbons (Fsp3) is 0. The SMILES string of the molecule is OP(O)(O)=[S+]c1cccc(-c2ccccc2)c1. The maximum absolute atomic E-state index is 9.02. The van der Waals surface area contributed by atoms with Crippen LogP contribution >= 0.6 is 6.72 Å². The molecule has 3 nitrogen and oxygen atoms in total. The van der Waals surface area contributed by atoms with E-state index in [9.17, 15) is 0 Å². The second-order valence-electron chi connectivity index (χ2n) is 3.50. The fourth-order valence-corrected chi connectivity index (χ4v) is 3.30. The van der Waals surface area contributed by atoms with E-state index in [0.29, 0.717) is 15.8 Å². The lowest BCUT2D eigenvalue weighted by atomic mass is 10.1. The van der Waals surface area contributed by atoms with E-state index in [2.05, 4.69) is 0 Å². The van der Waals surface area contributed by atoms with Gasteiger partial charge in [0.1, 0.15) is 0 Å². The highest BCUT2D eigenvalue weighted by Gasteiger charge is 2.21. The van der Waals surface area contributed by atoms with Gasteiger partial charge in [0.05, 0.1) is 0 Å². The summed E-state index contributed by atoms with van der Waals surface area (Å²) < 4.78 is 0. The van der Waals surface area contributed by atoms with Crippen molar-refractivity contribution in [1.82, 2.24) is 0 Å². The number of benzene rings is 2. The van der Waals surface area contributed by atoms with E-state index in [-0.39, 0.29) is 0 Å². The van der Waals surface area contributed by atoms with Crippen molar-refractivity contribution >= 4 is 17.7 Å². The Morgan fingerprint density at radius 2 is 1.41 bits per heavy atom. The van der Waals surface area contributed by atoms with Gasteiger partial charge in [0, 0.05) is 12.1 Å². The minimum Gasteiger partial charge on any atom is -0.289 e. The second kappa shape index (κ2) is 5.08. The molecule has 0 unspecified atom stereocenters. The van der Waals surface area contributed by atoms with Crippen molar-refractivity contribution in [1.29, 1.82) is 0 Å². The Kier molecular flexibility index (Phi) is 3.72. The minimum absolute atomic E-state index is 0.632. The van der Waals surface area contributed by atoms with Gasteiger partial charge in [-0.05, 0) is 11.1 Å². The van der Waals surface area contributed by atoms with Crippen molar-refractivity contribution in [2.45, 2.75) is 4.90 Å². The summed E-state index contributed by atoms with van der Waals surface area (Å²) in [6.45, 7) is -3.83. The first-order chi connectivity index (χ1) is 8.04. The molecule has 2 rings (SSSR count). The highest BCUT2D eigenvalue weighted by atomic mass is 32.5. The Bertz CT molecular complexity index is 555. The smallest absolute Gasteiger partial charge is 0.289 e. The molecule has 17 heavy (non-hydrogen) atoms. The van der Waals surface area contributed by atoms with E-state index >= 15 is 0 Å². The summed E-state index contributed by atoms with van der Waals surface area (Å²) in [7, 11) is 0.687. The quantitative estimate of drug-likeness (QED) is 0.578. The monoisotopic (exact) mass is 267 g/mol. The Balaban J connectivity index is 2.43. The highest BCUT2D eigenvalue weighted by Crippen LogP contribution is 2.34. The van der Waals surface area contributed by atoms with Crippen LogP contribution < -0.4 is 0 Å². The summed E-state index contributed by atoms with van der Waals surface area (Å²) in [4.78, 5) is 27.7. The number of hydrogen-bond donors (Lipinski definition) is 3. The van der Waals surface area contributed by atoms with Gasteiger partial charge >= 0.3 is 6.72 Å². The molecule has 0 aliphatic rings. The van der Waals surface area contributed by atoms with Crippen LogP contribution in [0, 0.1) is 0 Å². The van der Waals surface area contributed by atoms with E-state index < -0.39 is 6.72 Å². The topological polar surface area (TPSA) is 60.7 Å². The number of hydrogen-bond acceptors (Lipinski definition) is 0. The molecule has 88 valence electrons. The van der Waals surface area contributed by atoms with Crippen molar-refractivity contribution < 1.29 is 14.7 Å². The van der Waals surface area contributed by atoms with Crippen LogP contribution in [0.1, 0.15) is 0 Å². The lowest BCUT2D eigenvalue weighted by Gasteiger charge is -1.99. The molecule has 0 fully saturated rings. The molecule has 2 aromatic rings. The molecule has 2 aromatic carbocycles. The maximum atomic E-state index is 9.02. The summed E-state index contributed by atoms with van der Waals surface area (Å²) in [5.74, 6) is 0. The van der Waals surface area contributed by atoms with Crippen molar-refractivity contribution in [2.75, 3.05) is 0 Å². The minimum atomic E-state index is -3.83. The molecule has 0 aliphatic heterocycles. The first-order valence-electron chi connectivity index (χ1n) is 4.97. The van der Waals surface area contributed by atoms with E-state index in [1.165, 1.54) is 0 Å². The Morgan fingerprint density at radius 1 is 0.765 bits per heavy atom. The molecule has 0 saturated heterocycles. The number of rotatable bonds is 2. The van der Waals surface area contributed by atoms with Crippen molar-refractivity contribution in [2.24, 2.45) is 0 Å². The maximum Gasteiger partial charge on any atom is 0.521 e. The predicted molar refractivity (Wildman–Crippen MR) is 71.1 cm³/mol. The molecule has 0 bridgehead atoms. The summed E-state index contributed by atoms with van der Waals surface area (Å²) in [6, 6.07) is 17.1. The molecule has 0 amide bonds. The van der Waals surface area contributed by atoms with Crippen LogP contribution in [0.15, 0.2) is 59.5 Å². The third kappa shape index (κ3) is 3.73. The van der Waals surface area contributed by atoms with Gasteiger partial charge < -0.3 is 0 Å². The van der Waals surface area contributed by atoms with Crippen LogP contribution in [0.25, 0.3) is 11.1 Å². The largest absolute Gasteiger partial charge is 0.521 e. The van der Waals surface area contributed by atoms with Crippen LogP contribution in [-0.4, -0.2) is 14.7 Å². The average molecular weight is 267 g/mol. The first kappa shape index (κ1) is 12.4. The molecular weight excluding hydrogens is 255 g/mol. The van der Waals surface area contributed by atoms with Gasteiger partial charge in [0.2, 0.25) is 4.90 Å². The molecule has 0 heterocycles. The highest BCUT2D eigenvalue weighted by molar-refractivity contribution is 8.16. The molecule has 0 aliphatic carbocycles. The molecule has 3 N–H and O–H groups in total. The second-order valence-corrected chi connectivity index (χ2v) is 7.20. The van der Waals surface area contributed by atoms with Gasteiger partial charge in [0.25, 0.3) is 10.9 Å². The molecule has 0 radical (unpaired) electrons.